The fourth-order valence-corrected chi connectivity index (χ4v) is 4.73. The highest BCUT2D eigenvalue weighted by atomic mass is 19.1. The summed E-state index contributed by atoms with van der Waals surface area (Å²) in [4.78, 5) is 13.8. The summed E-state index contributed by atoms with van der Waals surface area (Å²) >= 11 is 0. The number of likely N-dealkylation sites (N-methyl/N-ethyl adjacent to an activating group) is 1. The topological polar surface area (TPSA) is 65.6 Å². The third kappa shape index (κ3) is 4.01. The average molecular weight is 393 g/mol. The Labute approximate surface area is 167 Å². The van der Waals surface area contributed by atoms with Gasteiger partial charge in [-0.05, 0) is 40.7 Å². The van der Waals surface area contributed by atoms with Crippen LogP contribution in [-0.4, -0.2) is 72.0 Å². The first-order valence-corrected chi connectivity index (χ1v) is 10.5. The molecule has 2 aliphatic heterocycles. The smallest absolute Gasteiger partial charge is 0.132 e. The van der Waals surface area contributed by atoms with E-state index < -0.39 is 6.17 Å². The van der Waals surface area contributed by atoms with Crippen LogP contribution in [-0.2, 0) is 4.74 Å². The molecule has 1 aromatic heterocycles. The van der Waals surface area contributed by atoms with Gasteiger partial charge in [0.05, 0.1) is 23.9 Å². The molecule has 2 N–H and O–H groups in total. The van der Waals surface area contributed by atoms with Crippen molar-refractivity contribution in [2.45, 2.75) is 70.1 Å². The number of hydrogen-bond donors (Lipinski definition) is 2. The SMILES string of the molecule is CC(C)OC1CC2C(CC1F)NNC2c1cc(N2CCN(C)[C@H](C)C2)ncn1. The number of aromatic nitrogens is 2. The molecule has 2 saturated heterocycles. The van der Waals surface area contributed by atoms with E-state index in [0.717, 1.165) is 31.1 Å². The number of hydrogen-bond acceptors (Lipinski definition) is 7. The molecule has 0 bridgehead atoms. The molecule has 1 aliphatic carbocycles. The van der Waals surface area contributed by atoms with Crippen LogP contribution in [0.2, 0.25) is 0 Å². The summed E-state index contributed by atoms with van der Waals surface area (Å²) in [5.41, 5.74) is 7.63. The van der Waals surface area contributed by atoms with Crippen LogP contribution in [0.5, 0.6) is 0 Å². The first-order chi connectivity index (χ1) is 13.4. The van der Waals surface area contributed by atoms with Gasteiger partial charge >= 0.3 is 0 Å². The predicted octanol–water partition coefficient (Wildman–Crippen LogP) is 1.68. The van der Waals surface area contributed by atoms with Crippen LogP contribution in [0.4, 0.5) is 10.2 Å². The van der Waals surface area contributed by atoms with Gasteiger partial charge in [0, 0.05) is 43.7 Å². The Bertz CT molecular complexity index is 676. The van der Waals surface area contributed by atoms with Gasteiger partial charge < -0.3 is 14.5 Å². The average Bonchev–Trinajstić information content (AvgIpc) is 3.06. The van der Waals surface area contributed by atoms with Gasteiger partial charge in [0.25, 0.3) is 0 Å². The monoisotopic (exact) mass is 392 g/mol. The molecule has 0 amide bonds. The second-order valence-electron chi connectivity index (χ2n) is 8.82. The van der Waals surface area contributed by atoms with Gasteiger partial charge in [-0.1, -0.05) is 0 Å². The van der Waals surface area contributed by atoms with Crippen molar-refractivity contribution in [3.63, 3.8) is 0 Å². The molecule has 1 aromatic rings. The lowest BCUT2D eigenvalue weighted by Gasteiger charge is -2.38. The van der Waals surface area contributed by atoms with Crippen molar-refractivity contribution in [3.8, 4) is 0 Å². The lowest BCUT2D eigenvalue weighted by Crippen LogP contribution is -2.50. The third-order valence-corrected chi connectivity index (χ3v) is 6.48. The molecule has 5 unspecified atom stereocenters. The van der Waals surface area contributed by atoms with E-state index in [4.69, 9.17) is 4.74 Å². The normalized spacial score (nSPS) is 36.7. The predicted molar refractivity (Wildman–Crippen MR) is 107 cm³/mol. The molecule has 3 aliphatic rings. The zero-order valence-corrected chi connectivity index (χ0v) is 17.3. The number of alkyl halides is 1. The van der Waals surface area contributed by atoms with Crippen LogP contribution >= 0.6 is 0 Å². The van der Waals surface area contributed by atoms with Gasteiger partial charge in [0.1, 0.15) is 18.3 Å². The fourth-order valence-electron chi connectivity index (χ4n) is 4.73. The van der Waals surface area contributed by atoms with Gasteiger partial charge in [0.2, 0.25) is 0 Å². The lowest BCUT2D eigenvalue weighted by atomic mass is 9.78. The molecule has 0 radical (unpaired) electrons. The number of fused-ring (bicyclic) bond motifs is 1. The molecule has 3 fully saturated rings. The fraction of sp³-hybridized carbons (Fsp3) is 0.800. The van der Waals surface area contributed by atoms with Crippen molar-refractivity contribution in [1.82, 2.24) is 25.7 Å². The third-order valence-electron chi connectivity index (χ3n) is 6.48. The van der Waals surface area contributed by atoms with Crippen molar-refractivity contribution in [2.24, 2.45) is 5.92 Å². The maximum Gasteiger partial charge on any atom is 0.132 e. The molecule has 3 heterocycles. The molecule has 0 aromatic carbocycles. The molecule has 156 valence electrons. The Hall–Kier alpha value is -1.35. The molecule has 0 spiro atoms. The Morgan fingerprint density at radius 3 is 2.79 bits per heavy atom. The standard InChI is InChI=1S/C20H33FN6O/c1-12(2)28-18-7-14-16(8-15(18)21)24-25-20(14)17-9-19(23-11-22-17)27-6-5-26(4)13(3)10-27/h9,11-16,18,20,24-25H,5-8,10H2,1-4H3/t13-,14?,15?,16?,18?,20?/m1/s1. The molecule has 1 saturated carbocycles. The Morgan fingerprint density at radius 2 is 2.04 bits per heavy atom. The summed E-state index contributed by atoms with van der Waals surface area (Å²) in [6, 6.07) is 2.74. The number of anilines is 1. The van der Waals surface area contributed by atoms with Gasteiger partial charge in [-0.25, -0.2) is 19.8 Å². The van der Waals surface area contributed by atoms with Gasteiger partial charge in [0.15, 0.2) is 0 Å². The number of ether oxygens (including phenoxy) is 1. The summed E-state index contributed by atoms with van der Waals surface area (Å²) in [7, 11) is 2.17. The number of halogens is 1. The van der Waals surface area contributed by atoms with Crippen molar-refractivity contribution in [3.05, 3.63) is 18.1 Å². The number of nitrogens with one attached hydrogen (secondary N) is 2. The number of nitrogens with zero attached hydrogens (tertiary/aromatic N) is 4. The Balaban J connectivity index is 1.50. The molecule has 7 nitrogen and oxygen atoms in total. The molecular formula is C20H33FN6O. The van der Waals surface area contributed by atoms with Gasteiger partial charge in [-0.2, -0.15) is 0 Å². The highest BCUT2D eigenvalue weighted by molar-refractivity contribution is 5.41. The number of piperazine rings is 1. The van der Waals surface area contributed by atoms with E-state index in [1.807, 2.05) is 13.8 Å². The van der Waals surface area contributed by atoms with Gasteiger partial charge in [-0.3, -0.25) is 5.43 Å². The van der Waals surface area contributed by atoms with Crippen LogP contribution in [0.15, 0.2) is 12.4 Å². The minimum absolute atomic E-state index is 0.0328. The molecule has 28 heavy (non-hydrogen) atoms. The molecule has 4 rings (SSSR count). The lowest BCUT2D eigenvalue weighted by molar-refractivity contribution is -0.0708. The Kier molecular flexibility index (Phi) is 5.83. The summed E-state index contributed by atoms with van der Waals surface area (Å²) in [5, 5.41) is 0. The summed E-state index contributed by atoms with van der Waals surface area (Å²) in [6.45, 7) is 9.13. The molecule has 6 atom stereocenters. The second-order valence-corrected chi connectivity index (χ2v) is 8.82. The summed E-state index contributed by atoms with van der Waals surface area (Å²) < 4.78 is 20.4. The number of hydrazine groups is 1. The quantitative estimate of drug-likeness (QED) is 0.808. The van der Waals surface area contributed by atoms with E-state index in [1.54, 1.807) is 6.33 Å². The summed E-state index contributed by atoms with van der Waals surface area (Å²) in [5.74, 6) is 1.23. The van der Waals surface area contributed by atoms with Crippen LogP contribution in [0, 0.1) is 5.92 Å². The first kappa shape index (κ1) is 19.9. The van der Waals surface area contributed by atoms with Crippen molar-refractivity contribution < 1.29 is 9.13 Å². The van der Waals surface area contributed by atoms with E-state index in [0.29, 0.717) is 18.9 Å². The van der Waals surface area contributed by atoms with Crippen LogP contribution in [0.1, 0.15) is 45.3 Å². The zero-order chi connectivity index (χ0) is 19.8. The van der Waals surface area contributed by atoms with E-state index in [9.17, 15) is 4.39 Å². The first-order valence-electron chi connectivity index (χ1n) is 10.5. The highest BCUT2D eigenvalue weighted by Crippen LogP contribution is 2.40. The van der Waals surface area contributed by atoms with E-state index in [1.165, 1.54) is 0 Å². The Morgan fingerprint density at radius 1 is 1.21 bits per heavy atom. The maximum atomic E-state index is 14.5. The largest absolute Gasteiger partial charge is 0.373 e. The van der Waals surface area contributed by atoms with E-state index in [2.05, 4.69) is 50.7 Å². The van der Waals surface area contributed by atoms with Crippen LogP contribution in [0.25, 0.3) is 0 Å². The van der Waals surface area contributed by atoms with E-state index in [-0.39, 0.29) is 30.2 Å². The highest BCUT2D eigenvalue weighted by Gasteiger charge is 2.46. The van der Waals surface area contributed by atoms with E-state index >= 15 is 0 Å². The van der Waals surface area contributed by atoms with Crippen molar-refractivity contribution >= 4 is 5.82 Å². The number of rotatable bonds is 4. The van der Waals surface area contributed by atoms with Crippen LogP contribution < -0.4 is 15.8 Å². The zero-order valence-electron chi connectivity index (χ0n) is 17.3. The molecule has 8 heteroatoms. The molecular weight excluding hydrogens is 359 g/mol. The second kappa shape index (κ2) is 8.18. The van der Waals surface area contributed by atoms with Crippen molar-refractivity contribution in [2.75, 3.05) is 31.6 Å². The maximum absolute atomic E-state index is 14.5. The minimum atomic E-state index is -0.926. The van der Waals surface area contributed by atoms with Crippen molar-refractivity contribution in [1.29, 1.82) is 0 Å². The van der Waals surface area contributed by atoms with Gasteiger partial charge in [-0.15, -0.1) is 0 Å². The van der Waals surface area contributed by atoms with Crippen LogP contribution in [0.3, 0.4) is 0 Å². The minimum Gasteiger partial charge on any atom is -0.373 e. The summed E-state index contributed by atoms with van der Waals surface area (Å²) in [6.07, 6.45) is 1.59.